The van der Waals surface area contributed by atoms with Crippen LogP contribution in [0.4, 0.5) is 5.88 Å². The lowest BCUT2D eigenvalue weighted by Gasteiger charge is -2.42. The van der Waals surface area contributed by atoms with Gasteiger partial charge in [0.25, 0.3) is 5.91 Å². The summed E-state index contributed by atoms with van der Waals surface area (Å²) in [4.78, 5) is 50.6. The van der Waals surface area contributed by atoms with E-state index in [0.29, 0.717) is 26.2 Å². The Labute approximate surface area is 143 Å². The van der Waals surface area contributed by atoms with E-state index in [2.05, 4.69) is 0 Å². The topological polar surface area (TPSA) is 117 Å². The number of furan rings is 1. The van der Waals surface area contributed by atoms with Gasteiger partial charge in [0.2, 0.25) is 11.8 Å². The molecule has 1 aromatic heterocycles. The van der Waals surface area contributed by atoms with Gasteiger partial charge in [-0.25, -0.2) is 0 Å². The first-order valence-corrected chi connectivity index (χ1v) is 7.94. The first kappa shape index (κ1) is 16.9. The van der Waals surface area contributed by atoms with Crippen LogP contribution in [0.15, 0.2) is 16.5 Å². The number of piperazine rings is 1. The van der Waals surface area contributed by atoms with Crippen LogP contribution in [0.5, 0.6) is 0 Å². The van der Waals surface area contributed by atoms with Crippen LogP contribution in [0.2, 0.25) is 0 Å². The largest absolute Gasteiger partial charge is 0.433 e. The molecule has 0 radical (unpaired) electrons. The van der Waals surface area contributed by atoms with Gasteiger partial charge in [-0.1, -0.05) is 0 Å². The molecule has 25 heavy (non-hydrogen) atoms. The molecular weight excluding hydrogens is 332 g/mol. The summed E-state index contributed by atoms with van der Waals surface area (Å²) in [5.74, 6) is -1.36. The predicted octanol–water partition coefficient (Wildman–Crippen LogP) is -0.0495. The first-order valence-electron chi connectivity index (χ1n) is 7.94. The average molecular weight is 350 g/mol. The normalized spacial score (nSPS) is 18.0. The Bertz CT molecular complexity index is 715. The number of carbonyl (C=O) groups excluding carboxylic acids is 3. The summed E-state index contributed by atoms with van der Waals surface area (Å²) in [5, 5.41) is 10.6. The molecule has 134 valence electrons. The lowest BCUT2D eigenvalue weighted by atomic mass is 9.97. The molecule has 2 aliphatic rings. The highest BCUT2D eigenvalue weighted by molar-refractivity contribution is 5.94. The molecule has 3 heterocycles. The van der Waals surface area contributed by atoms with Crippen LogP contribution in [0, 0.1) is 16.0 Å². The fourth-order valence-corrected chi connectivity index (χ4v) is 3.00. The molecule has 0 bridgehead atoms. The van der Waals surface area contributed by atoms with Crippen molar-refractivity contribution >= 4 is 23.6 Å². The number of carbonyl (C=O) groups is 3. The van der Waals surface area contributed by atoms with Gasteiger partial charge in [0, 0.05) is 46.2 Å². The summed E-state index contributed by atoms with van der Waals surface area (Å²) in [5.41, 5.74) is 0. The van der Waals surface area contributed by atoms with Gasteiger partial charge < -0.3 is 19.1 Å². The number of hydrogen-bond acceptors (Lipinski definition) is 6. The number of nitro groups is 1. The van der Waals surface area contributed by atoms with E-state index in [1.165, 1.54) is 17.9 Å². The fourth-order valence-electron chi connectivity index (χ4n) is 3.00. The smallest absolute Gasteiger partial charge is 0.395 e. The molecule has 0 aromatic carbocycles. The molecule has 0 atom stereocenters. The second-order valence-electron chi connectivity index (χ2n) is 6.13. The molecule has 0 saturated carbocycles. The Morgan fingerprint density at radius 2 is 1.68 bits per heavy atom. The zero-order chi connectivity index (χ0) is 18.1. The standard InChI is InChI=1S/C15H18N4O6/c1-10(20)16-4-6-17(7-5-16)14(21)11-8-18(9-11)15(22)12-2-3-13(25-12)19(23)24/h2-3,11H,4-9H2,1H3. The highest BCUT2D eigenvalue weighted by atomic mass is 16.6. The lowest BCUT2D eigenvalue weighted by Crippen LogP contribution is -2.59. The molecule has 2 fully saturated rings. The maximum absolute atomic E-state index is 12.4. The zero-order valence-corrected chi connectivity index (χ0v) is 13.7. The molecular formula is C15H18N4O6. The average Bonchev–Trinajstić information content (AvgIpc) is 3.03. The Morgan fingerprint density at radius 3 is 2.20 bits per heavy atom. The van der Waals surface area contributed by atoms with Gasteiger partial charge in [-0.3, -0.25) is 24.5 Å². The minimum atomic E-state index is -0.708. The zero-order valence-electron chi connectivity index (χ0n) is 13.7. The molecule has 10 heteroatoms. The fraction of sp³-hybridized carbons (Fsp3) is 0.533. The SMILES string of the molecule is CC(=O)N1CCN(C(=O)C2CN(C(=O)c3ccc([N+](=O)[O-])o3)C2)CC1. The highest BCUT2D eigenvalue weighted by Gasteiger charge is 2.40. The van der Waals surface area contributed by atoms with E-state index in [0.717, 1.165) is 6.07 Å². The third-order valence-corrected chi connectivity index (χ3v) is 4.54. The number of nitrogens with zero attached hydrogens (tertiary/aromatic N) is 4. The Hall–Kier alpha value is -2.91. The highest BCUT2D eigenvalue weighted by Crippen LogP contribution is 2.24. The van der Waals surface area contributed by atoms with Gasteiger partial charge in [-0.15, -0.1) is 0 Å². The van der Waals surface area contributed by atoms with Crippen molar-refractivity contribution in [2.75, 3.05) is 39.3 Å². The summed E-state index contributed by atoms with van der Waals surface area (Å²) in [7, 11) is 0. The third kappa shape index (κ3) is 3.32. The van der Waals surface area contributed by atoms with Crippen LogP contribution in [0.1, 0.15) is 17.5 Å². The van der Waals surface area contributed by atoms with Crippen LogP contribution < -0.4 is 0 Å². The third-order valence-electron chi connectivity index (χ3n) is 4.54. The van der Waals surface area contributed by atoms with Crippen molar-refractivity contribution in [3.63, 3.8) is 0 Å². The van der Waals surface area contributed by atoms with E-state index in [9.17, 15) is 24.5 Å². The lowest BCUT2D eigenvalue weighted by molar-refractivity contribution is -0.402. The van der Waals surface area contributed by atoms with Crippen molar-refractivity contribution in [1.29, 1.82) is 0 Å². The van der Waals surface area contributed by atoms with Crippen LogP contribution in [-0.4, -0.2) is 76.6 Å². The quantitative estimate of drug-likeness (QED) is 0.557. The minimum Gasteiger partial charge on any atom is -0.395 e. The summed E-state index contributed by atoms with van der Waals surface area (Å²) in [6, 6.07) is 2.39. The van der Waals surface area contributed by atoms with Crippen molar-refractivity contribution in [3.05, 3.63) is 28.0 Å². The van der Waals surface area contributed by atoms with Crippen LogP contribution in [0.3, 0.4) is 0 Å². The van der Waals surface area contributed by atoms with Crippen molar-refractivity contribution in [1.82, 2.24) is 14.7 Å². The molecule has 3 rings (SSSR count). The van der Waals surface area contributed by atoms with Crippen molar-refractivity contribution in [3.8, 4) is 0 Å². The minimum absolute atomic E-state index is 0.0000521. The first-order chi connectivity index (χ1) is 11.9. The molecule has 10 nitrogen and oxygen atoms in total. The van der Waals surface area contributed by atoms with Gasteiger partial charge in [-0.2, -0.15) is 0 Å². The summed E-state index contributed by atoms with van der Waals surface area (Å²) < 4.78 is 4.89. The predicted molar refractivity (Wildman–Crippen MR) is 83.6 cm³/mol. The Morgan fingerprint density at radius 1 is 1.08 bits per heavy atom. The van der Waals surface area contributed by atoms with Gasteiger partial charge >= 0.3 is 5.88 Å². The maximum atomic E-state index is 12.4. The van der Waals surface area contributed by atoms with E-state index in [4.69, 9.17) is 4.42 Å². The monoisotopic (exact) mass is 350 g/mol. The molecule has 0 spiro atoms. The van der Waals surface area contributed by atoms with E-state index in [-0.39, 0.29) is 36.6 Å². The van der Waals surface area contributed by atoms with Crippen LogP contribution in [0.25, 0.3) is 0 Å². The van der Waals surface area contributed by atoms with E-state index in [1.54, 1.807) is 9.80 Å². The van der Waals surface area contributed by atoms with E-state index >= 15 is 0 Å². The molecule has 3 amide bonds. The second kappa shape index (κ2) is 6.54. The second-order valence-corrected chi connectivity index (χ2v) is 6.13. The summed E-state index contributed by atoms with van der Waals surface area (Å²) >= 11 is 0. The molecule has 0 N–H and O–H groups in total. The number of amides is 3. The van der Waals surface area contributed by atoms with Crippen molar-refractivity contribution < 1.29 is 23.7 Å². The number of hydrogen-bond donors (Lipinski definition) is 0. The van der Waals surface area contributed by atoms with E-state index < -0.39 is 16.7 Å². The maximum Gasteiger partial charge on any atom is 0.433 e. The summed E-state index contributed by atoms with van der Waals surface area (Å²) in [6.45, 7) is 4.06. The van der Waals surface area contributed by atoms with Crippen LogP contribution in [-0.2, 0) is 9.59 Å². The van der Waals surface area contributed by atoms with Crippen molar-refractivity contribution in [2.24, 2.45) is 5.92 Å². The molecule has 1 aromatic rings. The van der Waals surface area contributed by atoms with Gasteiger partial charge in [-0.05, 0) is 6.07 Å². The van der Waals surface area contributed by atoms with Gasteiger partial charge in [0.1, 0.15) is 4.92 Å². The molecule has 2 saturated heterocycles. The number of rotatable bonds is 3. The van der Waals surface area contributed by atoms with Crippen LogP contribution >= 0.6 is 0 Å². The molecule has 2 aliphatic heterocycles. The van der Waals surface area contributed by atoms with Gasteiger partial charge in [0.05, 0.1) is 12.0 Å². The Balaban J connectivity index is 1.50. The summed E-state index contributed by atoms with van der Waals surface area (Å²) in [6.07, 6.45) is 0. The Kier molecular flexibility index (Phi) is 4.43. The van der Waals surface area contributed by atoms with Gasteiger partial charge in [0.15, 0.2) is 5.76 Å². The van der Waals surface area contributed by atoms with E-state index in [1.807, 2.05) is 0 Å². The van der Waals surface area contributed by atoms with Crippen molar-refractivity contribution in [2.45, 2.75) is 6.92 Å². The molecule has 0 aliphatic carbocycles. The number of likely N-dealkylation sites (tertiary alicyclic amines) is 1. The molecule has 0 unspecified atom stereocenters.